The minimum atomic E-state index is -0.574. The van der Waals surface area contributed by atoms with Gasteiger partial charge in [0.15, 0.2) is 5.11 Å². The molecule has 1 aromatic carbocycles. The van der Waals surface area contributed by atoms with E-state index >= 15 is 0 Å². The highest BCUT2D eigenvalue weighted by molar-refractivity contribution is 7.80. The summed E-state index contributed by atoms with van der Waals surface area (Å²) in [5, 5.41) is 6.54. The highest BCUT2D eigenvalue weighted by atomic mass is 32.1. The summed E-state index contributed by atoms with van der Waals surface area (Å²) in [4.78, 5) is 12.6. The second-order valence-electron chi connectivity index (χ2n) is 5.57. The second-order valence-corrected chi connectivity index (χ2v) is 5.98. The van der Waals surface area contributed by atoms with Crippen molar-refractivity contribution in [1.82, 2.24) is 10.6 Å². The van der Waals surface area contributed by atoms with Crippen molar-refractivity contribution in [2.24, 2.45) is 5.92 Å². The highest BCUT2D eigenvalue weighted by Crippen LogP contribution is 2.35. The third-order valence-corrected chi connectivity index (χ3v) is 4.04. The lowest BCUT2D eigenvalue weighted by Crippen LogP contribution is -2.51. The summed E-state index contributed by atoms with van der Waals surface area (Å²) in [5.74, 6) is -0.163. The van der Waals surface area contributed by atoms with Crippen LogP contribution in [0.2, 0.25) is 0 Å². The molecule has 0 aromatic heterocycles. The first-order chi connectivity index (χ1) is 11.6. The summed E-state index contributed by atoms with van der Waals surface area (Å²) in [6.45, 7) is 8.89. The number of unbranched alkanes of at least 4 members (excludes halogenated alkanes) is 1. The third-order valence-electron chi connectivity index (χ3n) is 3.82. The molecule has 1 saturated heterocycles. The van der Waals surface area contributed by atoms with E-state index in [0.717, 1.165) is 24.2 Å². The van der Waals surface area contributed by atoms with E-state index in [9.17, 15) is 4.79 Å². The van der Waals surface area contributed by atoms with E-state index in [-0.39, 0.29) is 12.0 Å². The first kappa shape index (κ1) is 18.3. The van der Waals surface area contributed by atoms with Gasteiger partial charge in [-0.15, -0.1) is 0 Å². The molecule has 2 N–H and O–H groups in total. The Morgan fingerprint density at radius 2 is 2.08 bits per heavy atom. The van der Waals surface area contributed by atoms with Crippen molar-refractivity contribution in [2.45, 2.75) is 32.7 Å². The van der Waals surface area contributed by atoms with E-state index in [1.54, 1.807) is 0 Å². The molecule has 1 aliphatic heterocycles. The zero-order valence-electron chi connectivity index (χ0n) is 14.1. The van der Waals surface area contributed by atoms with Gasteiger partial charge in [0.05, 0.1) is 19.3 Å². The number of carbonyl (C=O) groups excluding carboxylic acids is 1. The number of para-hydroxylation sites is 1. The van der Waals surface area contributed by atoms with Crippen molar-refractivity contribution >= 4 is 23.3 Å². The van der Waals surface area contributed by atoms with Gasteiger partial charge in [0.25, 0.3) is 0 Å². The number of rotatable bonds is 7. The molecule has 5 nitrogen and oxygen atoms in total. The molecule has 0 amide bonds. The van der Waals surface area contributed by atoms with E-state index in [0.29, 0.717) is 24.0 Å². The smallest absolute Gasteiger partial charge is 0.317 e. The Labute approximate surface area is 148 Å². The zero-order valence-corrected chi connectivity index (χ0v) is 14.9. The maximum atomic E-state index is 12.6. The Morgan fingerprint density at radius 3 is 2.79 bits per heavy atom. The van der Waals surface area contributed by atoms with Gasteiger partial charge in [-0.05, 0) is 31.6 Å². The van der Waals surface area contributed by atoms with Crippen molar-refractivity contribution in [1.29, 1.82) is 0 Å². The molecule has 1 fully saturated rings. The molecule has 1 aliphatic rings. The molecule has 0 spiro atoms. The predicted octanol–water partition coefficient (Wildman–Crippen LogP) is 3.08. The Hall–Kier alpha value is -2.08. The molecule has 6 heteroatoms. The Bertz CT molecular complexity index is 618. The fourth-order valence-electron chi connectivity index (χ4n) is 2.65. The molecule has 130 valence electrons. The number of thiocarbonyl (C=S) groups is 1. The summed E-state index contributed by atoms with van der Waals surface area (Å²) in [5.41, 5.74) is 1.40. The number of esters is 1. The van der Waals surface area contributed by atoms with Crippen LogP contribution in [0, 0.1) is 5.92 Å². The summed E-state index contributed by atoms with van der Waals surface area (Å²) < 4.78 is 11.1. The molecule has 24 heavy (non-hydrogen) atoms. The summed E-state index contributed by atoms with van der Waals surface area (Å²) in [6.07, 6.45) is 1.81. The SMILES string of the molecule is C=C1NC(=S)N[C@H](c2ccccc2OCC)[C@@H]1C(=O)OCCCC. The maximum Gasteiger partial charge on any atom is 0.317 e. The van der Waals surface area contributed by atoms with E-state index < -0.39 is 5.92 Å². The number of hydrogen-bond donors (Lipinski definition) is 2. The van der Waals surface area contributed by atoms with Gasteiger partial charge < -0.3 is 20.1 Å². The fourth-order valence-corrected chi connectivity index (χ4v) is 2.91. The lowest BCUT2D eigenvalue weighted by atomic mass is 9.88. The topological polar surface area (TPSA) is 59.6 Å². The molecular weight excluding hydrogens is 324 g/mol. The van der Waals surface area contributed by atoms with Gasteiger partial charge in [0.1, 0.15) is 11.7 Å². The van der Waals surface area contributed by atoms with Crippen molar-refractivity contribution < 1.29 is 14.3 Å². The predicted molar refractivity (Wildman–Crippen MR) is 97.7 cm³/mol. The lowest BCUT2D eigenvalue weighted by Gasteiger charge is -2.35. The first-order valence-electron chi connectivity index (χ1n) is 8.23. The van der Waals surface area contributed by atoms with Gasteiger partial charge >= 0.3 is 5.97 Å². The fraction of sp³-hybridized carbons (Fsp3) is 0.444. The van der Waals surface area contributed by atoms with Crippen LogP contribution in [-0.2, 0) is 9.53 Å². The Morgan fingerprint density at radius 1 is 1.33 bits per heavy atom. The average Bonchev–Trinajstić information content (AvgIpc) is 2.55. The number of carbonyl (C=O) groups is 1. The normalized spacial score (nSPS) is 20.1. The van der Waals surface area contributed by atoms with Gasteiger partial charge in [0, 0.05) is 11.3 Å². The van der Waals surface area contributed by atoms with Crippen LogP contribution < -0.4 is 15.4 Å². The van der Waals surface area contributed by atoms with Gasteiger partial charge in [-0.2, -0.15) is 0 Å². The molecule has 0 unspecified atom stereocenters. The number of hydrogen-bond acceptors (Lipinski definition) is 4. The van der Waals surface area contributed by atoms with Gasteiger partial charge in [-0.1, -0.05) is 38.1 Å². The van der Waals surface area contributed by atoms with E-state index in [1.807, 2.05) is 31.2 Å². The Balaban J connectivity index is 2.30. The average molecular weight is 348 g/mol. The largest absolute Gasteiger partial charge is 0.494 e. The number of benzene rings is 1. The van der Waals surface area contributed by atoms with Crippen LogP contribution in [0.3, 0.4) is 0 Å². The summed E-state index contributed by atoms with van der Waals surface area (Å²) in [6, 6.07) is 7.25. The highest BCUT2D eigenvalue weighted by Gasteiger charge is 2.39. The van der Waals surface area contributed by atoms with Gasteiger partial charge in [-0.25, -0.2) is 0 Å². The molecule has 0 radical (unpaired) electrons. The number of nitrogens with one attached hydrogen (secondary N) is 2. The molecule has 2 atom stereocenters. The molecule has 0 aliphatic carbocycles. The second kappa shape index (κ2) is 8.68. The van der Waals surface area contributed by atoms with E-state index in [4.69, 9.17) is 21.7 Å². The van der Waals surface area contributed by atoms with Crippen LogP contribution >= 0.6 is 12.2 Å². The monoisotopic (exact) mass is 348 g/mol. The lowest BCUT2D eigenvalue weighted by molar-refractivity contribution is -0.148. The Kier molecular flexibility index (Phi) is 6.61. The molecule has 0 saturated carbocycles. The van der Waals surface area contributed by atoms with Crippen LogP contribution in [-0.4, -0.2) is 24.3 Å². The van der Waals surface area contributed by atoms with Gasteiger partial charge in [0.2, 0.25) is 0 Å². The number of ether oxygens (including phenoxy) is 2. The maximum absolute atomic E-state index is 12.6. The molecule has 1 aromatic rings. The molecule has 1 heterocycles. The summed E-state index contributed by atoms with van der Waals surface area (Å²) >= 11 is 5.24. The first-order valence-corrected chi connectivity index (χ1v) is 8.64. The zero-order chi connectivity index (χ0) is 17.5. The minimum Gasteiger partial charge on any atom is -0.494 e. The van der Waals surface area contributed by atoms with Crippen LogP contribution in [0.1, 0.15) is 38.3 Å². The van der Waals surface area contributed by atoms with Crippen molar-refractivity contribution in [3.63, 3.8) is 0 Å². The quantitative estimate of drug-likeness (QED) is 0.449. The van der Waals surface area contributed by atoms with Gasteiger partial charge in [-0.3, -0.25) is 4.79 Å². The van der Waals surface area contributed by atoms with Crippen molar-refractivity contribution in [3.8, 4) is 5.75 Å². The molecule has 0 bridgehead atoms. The standard InChI is InChI=1S/C18H24N2O3S/c1-4-6-11-23-17(21)15-12(3)19-18(24)20-16(15)13-9-7-8-10-14(13)22-5-2/h7-10,15-16H,3-6,11H2,1-2H3,(H2,19,20,24)/t15-,16-/m1/s1. The van der Waals surface area contributed by atoms with E-state index in [1.165, 1.54) is 0 Å². The molecule has 2 rings (SSSR count). The van der Waals surface area contributed by atoms with Crippen LogP contribution in [0.4, 0.5) is 0 Å². The van der Waals surface area contributed by atoms with Crippen LogP contribution in [0.5, 0.6) is 5.75 Å². The van der Waals surface area contributed by atoms with Crippen molar-refractivity contribution in [2.75, 3.05) is 13.2 Å². The van der Waals surface area contributed by atoms with E-state index in [2.05, 4.69) is 24.1 Å². The molecular formula is C18H24N2O3S. The van der Waals surface area contributed by atoms with Crippen LogP contribution in [0.15, 0.2) is 36.5 Å². The minimum absolute atomic E-state index is 0.313. The van der Waals surface area contributed by atoms with Crippen LogP contribution in [0.25, 0.3) is 0 Å². The summed E-state index contributed by atoms with van der Waals surface area (Å²) in [7, 11) is 0. The van der Waals surface area contributed by atoms with Crippen molar-refractivity contribution in [3.05, 3.63) is 42.1 Å². The third kappa shape index (κ3) is 4.26.